The molecule has 1 amide bonds. The fraction of sp³-hybridized carbons (Fsp3) is 0.562. The Morgan fingerprint density at radius 3 is 2.82 bits per heavy atom. The lowest BCUT2D eigenvalue weighted by Gasteiger charge is -2.32. The number of likely N-dealkylation sites (tertiary alicyclic amines) is 1. The van der Waals surface area contributed by atoms with Gasteiger partial charge in [0.1, 0.15) is 5.82 Å². The molecule has 0 N–H and O–H groups in total. The van der Waals surface area contributed by atoms with Gasteiger partial charge in [0.05, 0.1) is 6.04 Å². The summed E-state index contributed by atoms with van der Waals surface area (Å²) in [5, 5.41) is 0. The largest absolute Gasteiger partial charge is 0.340 e. The SMILES string of the molecule is O=C(C1CCCN1Cc1ccc(Br)cc1F)N1CCSCC1. The van der Waals surface area contributed by atoms with Crippen LogP contribution >= 0.6 is 27.7 Å². The first-order chi connectivity index (χ1) is 10.6. The molecule has 1 aromatic carbocycles. The van der Waals surface area contributed by atoms with E-state index in [1.54, 1.807) is 6.07 Å². The van der Waals surface area contributed by atoms with Crippen LogP contribution in [0.3, 0.4) is 0 Å². The van der Waals surface area contributed by atoms with Crippen molar-refractivity contribution in [1.82, 2.24) is 9.80 Å². The van der Waals surface area contributed by atoms with E-state index in [1.807, 2.05) is 22.7 Å². The van der Waals surface area contributed by atoms with Crippen molar-refractivity contribution in [2.75, 3.05) is 31.1 Å². The Labute approximate surface area is 143 Å². The minimum Gasteiger partial charge on any atom is -0.340 e. The van der Waals surface area contributed by atoms with E-state index in [1.165, 1.54) is 6.07 Å². The van der Waals surface area contributed by atoms with Crippen molar-refractivity contribution >= 4 is 33.6 Å². The first-order valence-corrected chi connectivity index (χ1v) is 9.64. The van der Waals surface area contributed by atoms with Gasteiger partial charge in [-0.1, -0.05) is 22.0 Å². The van der Waals surface area contributed by atoms with Crippen molar-refractivity contribution in [3.05, 3.63) is 34.1 Å². The molecule has 0 radical (unpaired) electrons. The van der Waals surface area contributed by atoms with Gasteiger partial charge in [-0.3, -0.25) is 9.69 Å². The van der Waals surface area contributed by atoms with Gasteiger partial charge in [0, 0.05) is 41.2 Å². The molecule has 6 heteroatoms. The first-order valence-electron chi connectivity index (χ1n) is 7.69. The molecule has 0 aromatic heterocycles. The van der Waals surface area contributed by atoms with Gasteiger partial charge in [-0.2, -0.15) is 11.8 Å². The number of thioether (sulfide) groups is 1. The van der Waals surface area contributed by atoms with Gasteiger partial charge in [0.25, 0.3) is 0 Å². The standard InChI is InChI=1S/C16H20BrFN2OS/c17-13-4-3-12(14(18)10-13)11-20-5-1-2-15(20)16(21)19-6-8-22-9-7-19/h3-4,10,15H,1-2,5-9,11H2. The van der Waals surface area contributed by atoms with E-state index >= 15 is 0 Å². The molecule has 1 unspecified atom stereocenters. The molecule has 0 spiro atoms. The van der Waals surface area contributed by atoms with Crippen LogP contribution in [0.1, 0.15) is 18.4 Å². The summed E-state index contributed by atoms with van der Waals surface area (Å²) in [4.78, 5) is 16.8. The highest BCUT2D eigenvalue weighted by Gasteiger charge is 2.34. The molecule has 0 aliphatic carbocycles. The Kier molecular flexibility index (Phi) is 5.42. The summed E-state index contributed by atoms with van der Waals surface area (Å²) >= 11 is 5.18. The van der Waals surface area contributed by atoms with Crippen molar-refractivity contribution in [3.63, 3.8) is 0 Å². The predicted octanol–water partition coefficient (Wildman–Crippen LogP) is 3.13. The lowest BCUT2D eigenvalue weighted by atomic mass is 10.1. The van der Waals surface area contributed by atoms with Gasteiger partial charge in [-0.05, 0) is 31.5 Å². The van der Waals surface area contributed by atoms with Gasteiger partial charge < -0.3 is 4.90 Å². The normalized spacial score (nSPS) is 23.0. The number of carbonyl (C=O) groups is 1. The zero-order valence-electron chi connectivity index (χ0n) is 12.4. The van der Waals surface area contributed by atoms with Crippen molar-refractivity contribution in [2.45, 2.75) is 25.4 Å². The van der Waals surface area contributed by atoms with E-state index in [0.29, 0.717) is 12.1 Å². The van der Waals surface area contributed by atoms with Crippen molar-refractivity contribution in [2.24, 2.45) is 0 Å². The van der Waals surface area contributed by atoms with Crippen LogP contribution < -0.4 is 0 Å². The van der Waals surface area contributed by atoms with Crippen molar-refractivity contribution in [1.29, 1.82) is 0 Å². The van der Waals surface area contributed by atoms with E-state index in [2.05, 4.69) is 20.8 Å². The second kappa shape index (κ2) is 7.32. The zero-order valence-corrected chi connectivity index (χ0v) is 14.8. The summed E-state index contributed by atoms with van der Waals surface area (Å²) in [5.74, 6) is 2.08. The molecular formula is C16H20BrFN2OS. The molecule has 2 aliphatic heterocycles. The molecule has 120 valence electrons. The first kappa shape index (κ1) is 16.3. The Morgan fingerprint density at radius 2 is 2.09 bits per heavy atom. The number of rotatable bonds is 3. The molecule has 0 saturated carbocycles. The Balaban J connectivity index is 1.68. The Hall–Kier alpha value is -0.590. The highest BCUT2D eigenvalue weighted by atomic mass is 79.9. The second-order valence-electron chi connectivity index (χ2n) is 5.80. The average molecular weight is 387 g/mol. The summed E-state index contributed by atoms with van der Waals surface area (Å²) in [7, 11) is 0. The second-order valence-corrected chi connectivity index (χ2v) is 7.94. The van der Waals surface area contributed by atoms with Crippen LogP contribution in [0.4, 0.5) is 4.39 Å². The topological polar surface area (TPSA) is 23.6 Å². The third kappa shape index (κ3) is 3.66. The number of amides is 1. The summed E-state index contributed by atoms with van der Waals surface area (Å²) in [6.45, 7) is 3.08. The van der Waals surface area contributed by atoms with Gasteiger partial charge in [-0.25, -0.2) is 4.39 Å². The van der Waals surface area contributed by atoms with Crippen LogP contribution in [0, 0.1) is 5.82 Å². The molecule has 3 rings (SSSR count). The maximum Gasteiger partial charge on any atom is 0.239 e. The van der Waals surface area contributed by atoms with E-state index < -0.39 is 0 Å². The maximum absolute atomic E-state index is 14.0. The van der Waals surface area contributed by atoms with E-state index in [4.69, 9.17) is 0 Å². The third-order valence-corrected chi connectivity index (χ3v) is 5.80. The highest BCUT2D eigenvalue weighted by molar-refractivity contribution is 9.10. The minimum atomic E-state index is -0.207. The summed E-state index contributed by atoms with van der Waals surface area (Å²) in [6, 6.07) is 5.07. The summed E-state index contributed by atoms with van der Waals surface area (Å²) in [5.41, 5.74) is 0.664. The number of nitrogens with zero attached hydrogens (tertiary/aromatic N) is 2. The van der Waals surface area contributed by atoms with Gasteiger partial charge in [-0.15, -0.1) is 0 Å². The molecule has 3 nitrogen and oxygen atoms in total. The molecule has 1 aromatic rings. The zero-order chi connectivity index (χ0) is 15.5. The van der Waals surface area contributed by atoms with Crippen LogP contribution in [-0.2, 0) is 11.3 Å². The maximum atomic E-state index is 14.0. The van der Waals surface area contributed by atoms with Crippen molar-refractivity contribution in [3.8, 4) is 0 Å². The number of hydrogen-bond acceptors (Lipinski definition) is 3. The van der Waals surface area contributed by atoms with E-state index in [9.17, 15) is 9.18 Å². The number of hydrogen-bond donors (Lipinski definition) is 0. The molecule has 2 fully saturated rings. The lowest BCUT2D eigenvalue weighted by molar-refractivity contribution is -0.135. The summed E-state index contributed by atoms with van der Waals surface area (Å²) < 4.78 is 14.8. The molecule has 1 atom stereocenters. The molecule has 2 heterocycles. The van der Waals surface area contributed by atoms with E-state index in [0.717, 1.165) is 48.5 Å². The van der Waals surface area contributed by atoms with E-state index in [-0.39, 0.29) is 17.8 Å². The molecule has 22 heavy (non-hydrogen) atoms. The Bertz CT molecular complexity index is 551. The van der Waals surface area contributed by atoms with Gasteiger partial charge in [0.2, 0.25) is 5.91 Å². The fourth-order valence-electron chi connectivity index (χ4n) is 3.16. The lowest BCUT2D eigenvalue weighted by Crippen LogP contribution is -2.48. The number of benzene rings is 1. The van der Waals surface area contributed by atoms with Crippen LogP contribution in [0.15, 0.2) is 22.7 Å². The number of carbonyl (C=O) groups excluding carboxylic acids is 1. The predicted molar refractivity (Wildman–Crippen MR) is 91.4 cm³/mol. The quantitative estimate of drug-likeness (QED) is 0.796. The van der Waals surface area contributed by atoms with Gasteiger partial charge in [0.15, 0.2) is 0 Å². The van der Waals surface area contributed by atoms with Crippen LogP contribution in [-0.4, -0.2) is 52.9 Å². The third-order valence-electron chi connectivity index (χ3n) is 4.36. The fourth-order valence-corrected chi connectivity index (χ4v) is 4.39. The molecule has 2 aliphatic rings. The van der Waals surface area contributed by atoms with Gasteiger partial charge >= 0.3 is 0 Å². The van der Waals surface area contributed by atoms with Crippen LogP contribution in [0.5, 0.6) is 0 Å². The molecular weight excluding hydrogens is 367 g/mol. The number of halogens is 2. The van der Waals surface area contributed by atoms with Crippen LogP contribution in [0.2, 0.25) is 0 Å². The van der Waals surface area contributed by atoms with Crippen LogP contribution in [0.25, 0.3) is 0 Å². The monoisotopic (exact) mass is 386 g/mol. The summed E-state index contributed by atoms with van der Waals surface area (Å²) in [6.07, 6.45) is 1.90. The Morgan fingerprint density at radius 1 is 1.32 bits per heavy atom. The molecule has 2 saturated heterocycles. The smallest absolute Gasteiger partial charge is 0.239 e. The van der Waals surface area contributed by atoms with Crippen molar-refractivity contribution < 1.29 is 9.18 Å². The average Bonchev–Trinajstić information content (AvgIpc) is 2.98. The minimum absolute atomic E-state index is 0.0776. The highest BCUT2D eigenvalue weighted by Crippen LogP contribution is 2.25. The molecule has 0 bridgehead atoms.